The van der Waals surface area contributed by atoms with Gasteiger partial charge in [0.25, 0.3) is 5.91 Å². The Hall–Kier alpha value is -1.36. The molecular formula is C16H22N2O2S. The number of anilines is 1. The van der Waals surface area contributed by atoms with Crippen LogP contribution in [0.15, 0.2) is 6.07 Å². The summed E-state index contributed by atoms with van der Waals surface area (Å²) in [4.78, 5) is 27.2. The molecule has 1 aliphatic heterocycles. The van der Waals surface area contributed by atoms with Crippen LogP contribution < -0.4 is 5.32 Å². The van der Waals surface area contributed by atoms with Crippen LogP contribution in [0, 0.1) is 12.8 Å². The van der Waals surface area contributed by atoms with E-state index in [1.807, 2.05) is 17.9 Å². The first kappa shape index (κ1) is 14.6. The first-order valence-corrected chi connectivity index (χ1v) is 8.67. The Bertz CT molecular complexity index is 540. The van der Waals surface area contributed by atoms with E-state index in [1.165, 1.54) is 24.2 Å². The Morgan fingerprint density at radius 2 is 1.86 bits per heavy atom. The van der Waals surface area contributed by atoms with E-state index in [4.69, 9.17) is 0 Å². The van der Waals surface area contributed by atoms with E-state index in [2.05, 4.69) is 5.32 Å². The third-order valence-corrected chi connectivity index (χ3v) is 5.34. The van der Waals surface area contributed by atoms with Crippen LogP contribution in [-0.2, 0) is 4.79 Å². The molecule has 0 aromatic carbocycles. The van der Waals surface area contributed by atoms with Gasteiger partial charge in [0, 0.05) is 19.0 Å². The van der Waals surface area contributed by atoms with Gasteiger partial charge in [-0.3, -0.25) is 9.59 Å². The molecule has 1 saturated carbocycles. The Morgan fingerprint density at radius 3 is 2.48 bits per heavy atom. The largest absolute Gasteiger partial charge is 0.338 e. The minimum absolute atomic E-state index is 0.102. The maximum absolute atomic E-state index is 12.6. The Labute approximate surface area is 129 Å². The highest BCUT2D eigenvalue weighted by atomic mass is 32.1. The van der Waals surface area contributed by atoms with Gasteiger partial charge < -0.3 is 10.2 Å². The van der Waals surface area contributed by atoms with Gasteiger partial charge >= 0.3 is 0 Å². The van der Waals surface area contributed by atoms with Crippen molar-refractivity contribution in [3.8, 4) is 0 Å². The van der Waals surface area contributed by atoms with Gasteiger partial charge in [-0.05, 0) is 44.2 Å². The van der Waals surface area contributed by atoms with E-state index in [0.29, 0.717) is 0 Å². The highest BCUT2D eigenvalue weighted by molar-refractivity contribution is 7.18. The smallest absolute Gasteiger partial charge is 0.264 e. The number of nitrogens with zero attached hydrogens (tertiary/aromatic N) is 1. The predicted molar refractivity (Wildman–Crippen MR) is 84.8 cm³/mol. The molecule has 1 N–H and O–H groups in total. The van der Waals surface area contributed by atoms with Gasteiger partial charge in [-0.2, -0.15) is 0 Å². The standard InChI is InChI=1S/C16H22N2O2S/c1-11-10-13(17-15(19)12-6-7-12)21-14(11)16(20)18-8-4-2-3-5-9-18/h10,12H,2-9H2,1H3,(H,17,19). The quantitative estimate of drug-likeness (QED) is 0.930. The van der Waals surface area contributed by atoms with Gasteiger partial charge in [0.2, 0.25) is 5.91 Å². The van der Waals surface area contributed by atoms with E-state index < -0.39 is 0 Å². The summed E-state index contributed by atoms with van der Waals surface area (Å²) in [5.74, 6) is 0.425. The van der Waals surface area contributed by atoms with E-state index in [1.54, 1.807) is 0 Å². The van der Waals surface area contributed by atoms with Gasteiger partial charge in [-0.15, -0.1) is 11.3 Å². The summed E-state index contributed by atoms with van der Waals surface area (Å²) >= 11 is 1.42. The lowest BCUT2D eigenvalue weighted by atomic mass is 10.2. The number of hydrogen-bond acceptors (Lipinski definition) is 3. The topological polar surface area (TPSA) is 49.4 Å². The third kappa shape index (κ3) is 3.46. The number of likely N-dealkylation sites (tertiary alicyclic amines) is 1. The maximum atomic E-state index is 12.6. The highest BCUT2D eigenvalue weighted by Gasteiger charge is 2.30. The number of nitrogens with one attached hydrogen (secondary N) is 1. The van der Waals surface area contributed by atoms with Crippen molar-refractivity contribution in [2.75, 3.05) is 18.4 Å². The number of carbonyl (C=O) groups is 2. The van der Waals surface area contributed by atoms with E-state index >= 15 is 0 Å². The van der Waals surface area contributed by atoms with Gasteiger partial charge in [0.15, 0.2) is 0 Å². The molecule has 0 unspecified atom stereocenters. The molecule has 1 aromatic rings. The van der Waals surface area contributed by atoms with E-state index in [0.717, 1.165) is 54.2 Å². The number of aryl methyl sites for hydroxylation is 1. The summed E-state index contributed by atoms with van der Waals surface area (Å²) in [6.45, 7) is 3.67. The fraction of sp³-hybridized carbons (Fsp3) is 0.625. The van der Waals surface area contributed by atoms with Crippen LogP contribution in [0.1, 0.15) is 53.8 Å². The molecule has 4 nitrogen and oxygen atoms in total. The first-order chi connectivity index (χ1) is 10.1. The molecule has 0 atom stereocenters. The summed E-state index contributed by atoms with van der Waals surface area (Å²) < 4.78 is 0. The molecule has 1 saturated heterocycles. The minimum atomic E-state index is 0.102. The highest BCUT2D eigenvalue weighted by Crippen LogP contribution is 2.33. The molecule has 2 fully saturated rings. The number of carbonyl (C=O) groups excluding carboxylic acids is 2. The van der Waals surface area contributed by atoms with Crippen LogP contribution in [0.2, 0.25) is 0 Å². The molecule has 0 spiro atoms. The molecule has 2 heterocycles. The molecule has 114 valence electrons. The lowest BCUT2D eigenvalue weighted by molar-refractivity contribution is -0.117. The van der Waals surface area contributed by atoms with Crippen LogP contribution in [0.3, 0.4) is 0 Å². The molecule has 3 rings (SSSR count). The molecule has 0 radical (unpaired) electrons. The second-order valence-electron chi connectivity index (χ2n) is 6.09. The SMILES string of the molecule is Cc1cc(NC(=O)C2CC2)sc1C(=O)N1CCCCCC1. The van der Waals surface area contributed by atoms with E-state index in [9.17, 15) is 9.59 Å². The fourth-order valence-electron chi connectivity index (χ4n) is 2.74. The molecule has 0 bridgehead atoms. The predicted octanol–water partition coefficient (Wildman–Crippen LogP) is 3.42. The van der Waals surface area contributed by atoms with Gasteiger partial charge in [0.05, 0.1) is 9.88 Å². The molecular weight excluding hydrogens is 284 g/mol. The summed E-state index contributed by atoms with van der Waals surface area (Å²) in [5.41, 5.74) is 0.973. The second kappa shape index (κ2) is 6.18. The second-order valence-corrected chi connectivity index (χ2v) is 7.14. The minimum Gasteiger partial charge on any atom is -0.338 e. The van der Waals surface area contributed by atoms with Gasteiger partial charge in [-0.1, -0.05) is 12.8 Å². The number of amides is 2. The van der Waals surface area contributed by atoms with Crippen molar-refractivity contribution in [3.05, 3.63) is 16.5 Å². The summed E-state index contributed by atoms with van der Waals surface area (Å²) in [7, 11) is 0. The average molecular weight is 306 g/mol. The molecule has 5 heteroatoms. The van der Waals surface area contributed by atoms with Crippen LogP contribution in [0.5, 0.6) is 0 Å². The maximum Gasteiger partial charge on any atom is 0.264 e. The van der Waals surface area contributed by atoms with Crippen LogP contribution in [0.4, 0.5) is 5.00 Å². The lowest BCUT2D eigenvalue weighted by Gasteiger charge is -2.19. The van der Waals surface area contributed by atoms with Crippen LogP contribution >= 0.6 is 11.3 Å². The van der Waals surface area contributed by atoms with Crippen molar-refractivity contribution in [1.82, 2.24) is 4.90 Å². The molecule has 2 aliphatic rings. The van der Waals surface area contributed by atoms with Gasteiger partial charge in [-0.25, -0.2) is 0 Å². The summed E-state index contributed by atoms with van der Waals surface area (Å²) in [5, 5.41) is 3.75. The van der Waals surface area contributed by atoms with Crippen molar-refractivity contribution in [2.45, 2.75) is 45.4 Å². The van der Waals surface area contributed by atoms with Crippen molar-refractivity contribution in [3.63, 3.8) is 0 Å². The van der Waals surface area contributed by atoms with Crippen molar-refractivity contribution >= 4 is 28.2 Å². The third-order valence-electron chi connectivity index (χ3n) is 4.20. The molecule has 1 aliphatic carbocycles. The zero-order valence-electron chi connectivity index (χ0n) is 12.5. The van der Waals surface area contributed by atoms with E-state index in [-0.39, 0.29) is 17.7 Å². The van der Waals surface area contributed by atoms with Crippen molar-refractivity contribution in [1.29, 1.82) is 0 Å². The van der Waals surface area contributed by atoms with Crippen molar-refractivity contribution in [2.24, 2.45) is 5.92 Å². The Kier molecular flexibility index (Phi) is 4.29. The van der Waals surface area contributed by atoms with Crippen LogP contribution in [0.25, 0.3) is 0 Å². The normalized spacial score (nSPS) is 19.2. The number of thiophene rings is 1. The lowest BCUT2D eigenvalue weighted by Crippen LogP contribution is -2.31. The Balaban J connectivity index is 1.70. The van der Waals surface area contributed by atoms with Crippen molar-refractivity contribution < 1.29 is 9.59 Å². The number of rotatable bonds is 3. The molecule has 21 heavy (non-hydrogen) atoms. The first-order valence-electron chi connectivity index (χ1n) is 7.86. The monoisotopic (exact) mass is 306 g/mol. The molecule has 1 aromatic heterocycles. The van der Waals surface area contributed by atoms with Crippen LogP contribution in [-0.4, -0.2) is 29.8 Å². The number of hydrogen-bond donors (Lipinski definition) is 1. The Morgan fingerprint density at radius 1 is 1.19 bits per heavy atom. The summed E-state index contributed by atoms with van der Waals surface area (Å²) in [6, 6.07) is 1.93. The summed E-state index contributed by atoms with van der Waals surface area (Å²) in [6.07, 6.45) is 6.63. The van der Waals surface area contributed by atoms with Gasteiger partial charge in [0.1, 0.15) is 0 Å². The zero-order chi connectivity index (χ0) is 14.8. The zero-order valence-corrected chi connectivity index (χ0v) is 13.3. The fourth-order valence-corrected chi connectivity index (χ4v) is 3.79. The molecule has 2 amide bonds. The average Bonchev–Trinajstić information content (AvgIpc) is 3.26.